The Balaban J connectivity index is 2.14. The van der Waals surface area contributed by atoms with Crippen molar-refractivity contribution in [2.75, 3.05) is 13.6 Å². The Morgan fingerprint density at radius 1 is 1.30 bits per heavy atom. The highest BCUT2D eigenvalue weighted by atomic mass is 16.3. The molecule has 1 aliphatic carbocycles. The van der Waals surface area contributed by atoms with E-state index in [1.54, 1.807) is 13.2 Å². The minimum atomic E-state index is -0.624. The van der Waals surface area contributed by atoms with Crippen LogP contribution < -0.4 is 11.2 Å². The summed E-state index contributed by atoms with van der Waals surface area (Å²) in [4.78, 5) is 25.6. The van der Waals surface area contributed by atoms with Gasteiger partial charge >= 0.3 is 5.69 Å². The zero-order valence-electron chi connectivity index (χ0n) is 12.4. The first kappa shape index (κ1) is 15.0. The first-order valence-electron chi connectivity index (χ1n) is 6.99. The Morgan fingerprint density at radius 3 is 2.50 bits per heavy atom. The summed E-state index contributed by atoms with van der Waals surface area (Å²) in [7, 11) is 5.01. The van der Waals surface area contributed by atoms with E-state index in [4.69, 9.17) is 0 Å². The Hall–Kier alpha value is -1.40. The lowest BCUT2D eigenvalue weighted by Gasteiger charge is -2.28. The second-order valence-electron chi connectivity index (χ2n) is 6.02. The van der Waals surface area contributed by atoms with Crippen molar-refractivity contribution in [2.45, 2.75) is 37.8 Å². The van der Waals surface area contributed by atoms with Crippen LogP contribution in [0.3, 0.4) is 0 Å². The number of nitrogens with zero attached hydrogens (tertiary/aromatic N) is 3. The van der Waals surface area contributed by atoms with Gasteiger partial charge in [-0.25, -0.2) is 4.79 Å². The Bertz CT molecular complexity index is 597. The molecule has 0 spiro atoms. The molecule has 1 aliphatic rings. The van der Waals surface area contributed by atoms with E-state index in [0.717, 1.165) is 30.3 Å². The zero-order chi connectivity index (χ0) is 14.9. The molecule has 2 rings (SSSR count). The fraction of sp³-hybridized carbons (Fsp3) is 0.714. The van der Waals surface area contributed by atoms with Gasteiger partial charge in [-0.05, 0) is 19.9 Å². The van der Waals surface area contributed by atoms with E-state index in [1.807, 2.05) is 11.9 Å². The molecule has 1 N–H and O–H groups in total. The van der Waals surface area contributed by atoms with Crippen molar-refractivity contribution >= 4 is 0 Å². The molecule has 1 saturated carbocycles. The standard InChI is InChI=1S/C14H23N3O3/c1-15(10-14(20)6-4-5-7-14)8-11-9-16(2)13(19)17(3)12(11)18/h9,20H,4-8,10H2,1-3H3. The van der Waals surface area contributed by atoms with Crippen LogP contribution in [0.25, 0.3) is 0 Å². The van der Waals surface area contributed by atoms with Gasteiger partial charge in [0.25, 0.3) is 5.56 Å². The highest BCUT2D eigenvalue weighted by Gasteiger charge is 2.32. The van der Waals surface area contributed by atoms with Crippen LogP contribution in [-0.4, -0.2) is 38.3 Å². The molecule has 6 nitrogen and oxygen atoms in total. The maximum Gasteiger partial charge on any atom is 0.330 e. The summed E-state index contributed by atoms with van der Waals surface area (Å²) in [6.07, 6.45) is 5.35. The number of rotatable bonds is 4. The molecular formula is C14H23N3O3. The topological polar surface area (TPSA) is 67.5 Å². The predicted octanol–water partition coefficient (Wildman–Crippen LogP) is -0.179. The smallest absolute Gasteiger partial charge is 0.330 e. The van der Waals surface area contributed by atoms with Crippen molar-refractivity contribution in [2.24, 2.45) is 14.1 Å². The van der Waals surface area contributed by atoms with Crippen molar-refractivity contribution in [3.63, 3.8) is 0 Å². The number of hydrogen-bond donors (Lipinski definition) is 1. The molecule has 1 aromatic heterocycles. The van der Waals surface area contributed by atoms with E-state index >= 15 is 0 Å². The normalized spacial score (nSPS) is 17.9. The summed E-state index contributed by atoms with van der Waals surface area (Å²) in [6.45, 7) is 0.988. The third-order valence-corrected chi connectivity index (χ3v) is 4.06. The van der Waals surface area contributed by atoms with Gasteiger partial charge < -0.3 is 9.67 Å². The average Bonchev–Trinajstić information content (AvgIpc) is 2.79. The summed E-state index contributed by atoms with van der Waals surface area (Å²) in [5, 5.41) is 10.4. The van der Waals surface area contributed by atoms with Crippen LogP contribution in [0.5, 0.6) is 0 Å². The molecule has 0 saturated heterocycles. The number of hydrogen-bond acceptors (Lipinski definition) is 4. The van der Waals surface area contributed by atoms with Crippen LogP contribution in [0, 0.1) is 0 Å². The van der Waals surface area contributed by atoms with Crippen molar-refractivity contribution in [3.8, 4) is 0 Å². The van der Waals surface area contributed by atoms with Gasteiger partial charge in [0.2, 0.25) is 0 Å². The van der Waals surface area contributed by atoms with Gasteiger partial charge in [0.15, 0.2) is 0 Å². The molecule has 0 unspecified atom stereocenters. The number of aryl methyl sites for hydroxylation is 1. The monoisotopic (exact) mass is 281 g/mol. The molecule has 0 aliphatic heterocycles. The van der Waals surface area contributed by atoms with E-state index in [9.17, 15) is 14.7 Å². The van der Waals surface area contributed by atoms with Crippen LogP contribution in [-0.2, 0) is 20.6 Å². The van der Waals surface area contributed by atoms with Crippen molar-refractivity contribution in [1.29, 1.82) is 0 Å². The van der Waals surface area contributed by atoms with Crippen molar-refractivity contribution in [1.82, 2.24) is 14.0 Å². The van der Waals surface area contributed by atoms with Gasteiger partial charge in [0, 0.05) is 38.9 Å². The first-order chi connectivity index (χ1) is 9.32. The van der Waals surface area contributed by atoms with Gasteiger partial charge in [-0.3, -0.25) is 14.3 Å². The molecule has 1 fully saturated rings. The molecule has 0 radical (unpaired) electrons. The minimum Gasteiger partial charge on any atom is -0.389 e. The quantitative estimate of drug-likeness (QED) is 0.831. The summed E-state index contributed by atoms with van der Waals surface area (Å²) in [6, 6.07) is 0. The maximum absolute atomic E-state index is 12.1. The Morgan fingerprint density at radius 2 is 1.90 bits per heavy atom. The van der Waals surface area contributed by atoms with Gasteiger partial charge in [0.05, 0.1) is 5.60 Å². The summed E-state index contributed by atoms with van der Waals surface area (Å²) in [5.74, 6) is 0. The van der Waals surface area contributed by atoms with Crippen LogP contribution in [0.4, 0.5) is 0 Å². The molecule has 20 heavy (non-hydrogen) atoms. The van der Waals surface area contributed by atoms with Crippen molar-refractivity contribution in [3.05, 3.63) is 32.6 Å². The van der Waals surface area contributed by atoms with E-state index < -0.39 is 5.60 Å². The van der Waals surface area contributed by atoms with E-state index in [1.165, 1.54) is 11.6 Å². The molecule has 0 bridgehead atoms. The fourth-order valence-corrected chi connectivity index (χ4v) is 3.03. The van der Waals surface area contributed by atoms with Crippen LogP contribution in [0.1, 0.15) is 31.2 Å². The van der Waals surface area contributed by atoms with Crippen LogP contribution in [0.2, 0.25) is 0 Å². The molecule has 1 heterocycles. The largest absolute Gasteiger partial charge is 0.389 e. The number of aliphatic hydroxyl groups is 1. The Kier molecular flexibility index (Phi) is 4.15. The van der Waals surface area contributed by atoms with Crippen LogP contribution in [0.15, 0.2) is 15.8 Å². The van der Waals surface area contributed by atoms with E-state index in [-0.39, 0.29) is 11.2 Å². The summed E-state index contributed by atoms with van der Waals surface area (Å²) < 4.78 is 2.53. The lowest BCUT2D eigenvalue weighted by molar-refractivity contribution is 0.0144. The molecule has 6 heteroatoms. The summed E-state index contributed by atoms with van der Waals surface area (Å²) in [5.41, 5.74) is -0.645. The second-order valence-corrected chi connectivity index (χ2v) is 6.02. The van der Waals surface area contributed by atoms with E-state index in [0.29, 0.717) is 18.7 Å². The van der Waals surface area contributed by atoms with Crippen LogP contribution >= 0.6 is 0 Å². The third kappa shape index (κ3) is 3.02. The van der Waals surface area contributed by atoms with Gasteiger partial charge in [0.1, 0.15) is 0 Å². The van der Waals surface area contributed by atoms with Gasteiger partial charge in [-0.1, -0.05) is 12.8 Å². The lowest BCUT2D eigenvalue weighted by atomic mass is 10.0. The first-order valence-corrected chi connectivity index (χ1v) is 6.99. The lowest BCUT2D eigenvalue weighted by Crippen LogP contribution is -2.42. The molecule has 1 aromatic rings. The second kappa shape index (κ2) is 5.54. The zero-order valence-corrected chi connectivity index (χ0v) is 12.4. The maximum atomic E-state index is 12.1. The highest BCUT2D eigenvalue weighted by molar-refractivity contribution is 5.05. The van der Waals surface area contributed by atoms with Crippen molar-refractivity contribution < 1.29 is 5.11 Å². The highest BCUT2D eigenvalue weighted by Crippen LogP contribution is 2.30. The predicted molar refractivity (Wildman–Crippen MR) is 76.7 cm³/mol. The minimum absolute atomic E-state index is 0.265. The molecular weight excluding hydrogens is 258 g/mol. The Labute approximate surface area is 118 Å². The van der Waals surface area contributed by atoms with E-state index in [2.05, 4.69) is 0 Å². The fourth-order valence-electron chi connectivity index (χ4n) is 3.03. The number of likely N-dealkylation sites (N-methyl/N-ethyl adjacent to an activating group) is 1. The summed E-state index contributed by atoms with van der Waals surface area (Å²) >= 11 is 0. The average molecular weight is 281 g/mol. The molecule has 0 aromatic carbocycles. The number of aromatic nitrogens is 2. The van der Waals surface area contributed by atoms with Gasteiger partial charge in [-0.15, -0.1) is 0 Å². The third-order valence-electron chi connectivity index (χ3n) is 4.06. The SMILES string of the molecule is CN(Cc1cn(C)c(=O)n(C)c1=O)CC1(O)CCCC1. The molecule has 0 amide bonds. The van der Waals surface area contributed by atoms with Gasteiger partial charge in [-0.2, -0.15) is 0 Å². The molecule has 112 valence electrons. The molecule has 0 atom stereocenters.